The standard InChI is InChI=1S/C25H32N2O6/c1-30-20-10-8-17(14-21(20)31-2)9-11-24(28)26-19-16-23(33-4)22(32-3)15-18(19)25(29)27-12-6-5-7-13-27/h8,10,14-16H,5-7,9,11-13H2,1-4H3,(H,26,28). The minimum atomic E-state index is -0.204. The maximum Gasteiger partial charge on any atom is 0.256 e. The largest absolute Gasteiger partial charge is 0.493 e. The maximum absolute atomic E-state index is 13.2. The lowest BCUT2D eigenvalue weighted by Crippen LogP contribution is -2.36. The van der Waals surface area contributed by atoms with E-state index in [1.807, 2.05) is 23.1 Å². The van der Waals surface area contributed by atoms with Gasteiger partial charge in [-0.05, 0) is 49.4 Å². The fourth-order valence-corrected chi connectivity index (χ4v) is 3.93. The molecule has 1 N–H and O–H groups in total. The second kappa shape index (κ2) is 11.4. The van der Waals surface area contributed by atoms with Gasteiger partial charge < -0.3 is 29.2 Å². The summed E-state index contributed by atoms with van der Waals surface area (Å²) in [6.07, 6.45) is 3.82. The summed E-state index contributed by atoms with van der Waals surface area (Å²) >= 11 is 0. The number of hydrogen-bond acceptors (Lipinski definition) is 6. The highest BCUT2D eigenvalue weighted by atomic mass is 16.5. The monoisotopic (exact) mass is 456 g/mol. The molecule has 2 amide bonds. The smallest absolute Gasteiger partial charge is 0.256 e. The molecule has 1 aliphatic heterocycles. The zero-order chi connectivity index (χ0) is 23.8. The van der Waals surface area contributed by atoms with Crippen molar-refractivity contribution in [3.8, 4) is 23.0 Å². The summed E-state index contributed by atoms with van der Waals surface area (Å²) in [5.74, 6) is 1.82. The topological polar surface area (TPSA) is 86.3 Å². The van der Waals surface area contributed by atoms with Gasteiger partial charge >= 0.3 is 0 Å². The van der Waals surface area contributed by atoms with Gasteiger partial charge in [0.25, 0.3) is 5.91 Å². The van der Waals surface area contributed by atoms with Crippen LogP contribution in [0.2, 0.25) is 0 Å². The van der Waals surface area contributed by atoms with E-state index in [4.69, 9.17) is 18.9 Å². The van der Waals surface area contributed by atoms with Gasteiger partial charge in [0.15, 0.2) is 23.0 Å². The third-order valence-electron chi connectivity index (χ3n) is 5.76. The highest BCUT2D eigenvalue weighted by Gasteiger charge is 2.24. The number of aryl methyl sites for hydroxylation is 1. The molecule has 0 unspecified atom stereocenters. The number of carbonyl (C=O) groups is 2. The molecule has 0 aliphatic carbocycles. The van der Waals surface area contributed by atoms with Crippen LogP contribution < -0.4 is 24.3 Å². The van der Waals surface area contributed by atoms with Gasteiger partial charge in [0.2, 0.25) is 5.91 Å². The number of amides is 2. The van der Waals surface area contributed by atoms with E-state index >= 15 is 0 Å². The van der Waals surface area contributed by atoms with E-state index in [0.717, 1.165) is 24.8 Å². The van der Waals surface area contributed by atoms with E-state index < -0.39 is 0 Å². The fourth-order valence-electron chi connectivity index (χ4n) is 3.93. The summed E-state index contributed by atoms with van der Waals surface area (Å²) < 4.78 is 21.4. The van der Waals surface area contributed by atoms with Crippen molar-refractivity contribution in [1.29, 1.82) is 0 Å². The summed E-state index contributed by atoms with van der Waals surface area (Å²) in [5.41, 5.74) is 1.76. The van der Waals surface area contributed by atoms with Crippen LogP contribution in [0.5, 0.6) is 23.0 Å². The second-order valence-corrected chi connectivity index (χ2v) is 7.84. The molecular formula is C25H32N2O6. The van der Waals surface area contributed by atoms with Crippen LogP contribution in [-0.4, -0.2) is 58.2 Å². The van der Waals surface area contributed by atoms with Crippen LogP contribution in [0.1, 0.15) is 41.6 Å². The van der Waals surface area contributed by atoms with Crippen LogP contribution in [0.3, 0.4) is 0 Å². The Morgan fingerprint density at radius 1 is 0.818 bits per heavy atom. The molecule has 2 aromatic carbocycles. The number of hydrogen-bond donors (Lipinski definition) is 1. The minimum absolute atomic E-state index is 0.120. The average molecular weight is 457 g/mol. The first-order valence-corrected chi connectivity index (χ1v) is 11.1. The zero-order valence-corrected chi connectivity index (χ0v) is 19.7. The maximum atomic E-state index is 13.2. The van der Waals surface area contributed by atoms with Crippen molar-refractivity contribution < 1.29 is 28.5 Å². The molecule has 0 saturated carbocycles. The van der Waals surface area contributed by atoms with Gasteiger partial charge in [0, 0.05) is 25.6 Å². The quantitative estimate of drug-likeness (QED) is 0.616. The average Bonchev–Trinajstić information content (AvgIpc) is 2.86. The van der Waals surface area contributed by atoms with Crippen LogP contribution in [0.25, 0.3) is 0 Å². The van der Waals surface area contributed by atoms with Gasteiger partial charge in [-0.15, -0.1) is 0 Å². The van der Waals surface area contributed by atoms with E-state index in [1.54, 1.807) is 26.4 Å². The first-order valence-electron chi connectivity index (χ1n) is 11.1. The number of piperidine rings is 1. The summed E-state index contributed by atoms with van der Waals surface area (Å²) in [6.45, 7) is 1.42. The molecule has 1 aliphatic rings. The summed E-state index contributed by atoms with van der Waals surface area (Å²) in [4.78, 5) is 27.9. The predicted octanol–water partition coefficient (Wildman–Crippen LogP) is 3.92. The molecule has 8 heteroatoms. The molecule has 0 radical (unpaired) electrons. The molecule has 8 nitrogen and oxygen atoms in total. The van der Waals surface area contributed by atoms with Crippen molar-refractivity contribution in [3.63, 3.8) is 0 Å². The van der Waals surface area contributed by atoms with E-state index in [2.05, 4.69) is 5.32 Å². The van der Waals surface area contributed by atoms with Crippen LogP contribution >= 0.6 is 0 Å². The van der Waals surface area contributed by atoms with Crippen molar-refractivity contribution in [1.82, 2.24) is 4.90 Å². The number of nitrogens with one attached hydrogen (secondary N) is 1. The molecule has 1 heterocycles. The molecule has 0 spiro atoms. The van der Waals surface area contributed by atoms with E-state index in [9.17, 15) is 9.59 Å². The van der Waals surface area contributed by atoms with Crippen LogP contribution in [-0.2, 0) is 11.2 Å². The first kappa shape index (κ1) is 24.2. The van der Waals surface area contributed by atoms with Gasteiger partial charge in [-0.1, -0.05) is 6.07 Å². The van der Waals surface area contributed by atoms with Gasteiger partial charge in [0.05, 0.1) is 39.7 Å². The van der Waals surface area contributed by atoms with E-state index in [-0.39, 0.29) is 18.2 Å². The van der Waals surface area contributed by atoms with Gasteiger partial charge in [0.1, 0.15) is 0 Å². The molecule has 2 aromatic rings. The number of anilines is 1. The Morgan fingerprint density at radius 2 is 1.42 bits per heavy atom. The van der Waals surface area contributed by atoms with Crippen molar-refractivity contribution in [2.45, 2.75) is 32.1 Å². The Bertz CT molecular complexity index is 985. The SMILES string of the molecule is COc1ccc(CCC(=O)Nc2cc(OC)c(OC)cc2C(=O)N2CCCCC2)cc1OC. The fraction of sp³-hybridized carbons (Fsp3) is 0.440. The Labute approximate surface area is 194 Å². The van der Waals surface area contributed by atoms with Gasteiger partial charge in [-0.2, -0.15) is 0 Å². The van der Waals surface area contributed by atoms with E-state index in [1.165, 1.54) is 14.2 Å². The molecule has 0 aromatic heterocycles. The minimum Gasteiger partial charge on any atom is -0.493 e. The normalized spacial score (nSPS) is 13.3. The number of ether oxygens (including phenoxy) is 4. The Hall–Kier alpha value is -3.42. The Kier molecular flexibility index (Phi) is 8.40. The number of carbonyl (C=O) groups excluding carboxylic acids is 2. The van der Waals surface area contributed by atoms with Crippen molar-refractivity contribution in [2.24, 2.45) is 0 Å². The van der Waals surface area contributed by atoms with Gasteiger partial charge in [-0.3, -0.25) is 9.59 Å². The van der Waals surface area contributed by atoms with Crippen molar-refractivity contribution >= 4 is 17.5 Å². The molecular weight excluding hydrogens is 424 g/mol. The van der Waals surface area contributed by atoms with Crippen LogP contribution in [0, 0.1) is 0 Å². The lowest BCUT2D eigenvalue weighted by Gasteiger charge is -2.28. The van der Waals surface area contributed by atoms with Crippen molar-refractivity contribution in [3.05, 3.63) is 41.5 Å². The van der Waals surface area contributed by atoms with E-state index in [0.29, 0.717) is 53.8 Å². The second-order valence-electron chi connectivity index (χ2n) is 7.84. The van der Waals surface area contributed by atoms with Crippen LogP contribution in [0.15, 0.2) is 30.3 Å². The molecule has 0 bridgehead atoms. The molecule has 1 fully saturated rings. The molecule has 178 valence electrons. The molecule has 33 heavy (non-hydrogen) atoms. The number of likely N-dealkylation sites (tertiary alicyclic amines) is 1. The lowest BCUT2D eigenvalue weighted by atomic mass is 10.1. The third kappa shape index (κ3) is 5.88. The molecule has 0 atom stereocenters. The number of nitrogens with zero attached hydrogens (tertiary/aromatic N) is 1. The molecule has 3 rings (SSSR count). The third-order valence-corrected chi connectivity index (χ3v) is 5.76. The van der Waals surface area contributed by atoms with Crippen LogP contribution in [0.4, 0.5) is 5.69 Å². The number of methoxy groups -OCH3 is 4. The zero-order valence-electron chi connectivity index (χ0n) is 19.7. The molecule has 1 saturated heterocycles. The first-order chi connectivity index (χ1) is 16.0. The highest BCUT2D eigenvalue weighted by Crippen LogP contribution is 2.35. The summed E-state index contributed by atoms with van der Waals surface area (Å²) in [7, 11) is 6.20. The summed E-state index contributed by atoms with van der Waals surface area (Å²) in [5, 5.41) is 2.90. The lowest BCUT2D eigenvalue weighted by molar-refractivity contribution is -0.116. The number of benzene rings is 2. The van der Waals surface area contributed by atoms with Gasteiger partial charge in [-0.25, -0.2) is 0 Å². The number of rotatable bonds is 9. The Balaban J connectivity index is 1.78. The summed E-state index contributed by atoms with van der Waals surface area (Å²) in [6, 6.07) is 8.85. The highest BCUT2D eigenvalue weighted by molar-refractivity contribution is 6.04. The predicted molar refractivity (Wildman–Crippen MR) is 126 cm³/mol. The van der Waals surface area contributed by atoms with Crippen molar-refractivity contribution in [2.75, 3.05) is 46.8 Å². The Morgan fingerprint density at radius 3 is 2.06 bits per heavy atom.